The third-order valence-electron chi connectivity index (χ3n) is 6.04. The highest BCUT2D eigenvalue weighted by molar-refractivity contribution is 7.98. The summed E-state index contributed by atoms with van der Waals surface area (Å²) in [7, 11) is 3.18. The molecule has 9 heteroatoms. The lowest BCUT2D eigenvalue weighted by atomic mass is 9.94. The predicted molar refractivity (Wildman–Crippen MR) is 145 cm³/mol. The average Bonchev–Trinajstić information content (AvgIpc) is 3.34. The number of para-hydroxylation sites is 1. The van der Waals surface area contributed by atoms with Gasteiger partial charge in [-0.3, -0.25) is 4.79 Å². The highest BCUT2D eigenvalue weighted by Gasteiger charge is 2.35. The molecule has 0 aliphatic carbocycles. The Morgan fingerprint density at radius 3 is 2.41 bits per heavy atom. The Morgan fingerprint density at radius 2 is 1.70 bits per heavy atom. The van der Waals surface area contributed by atoms with Gasteiger partial charge in [0.15, 0.2) is 11.5 Å². The van der Waals surface area contributed by atoms with E-state index in [0.717, 1.165) is 11.3 Å². The van der Waals surface area contributed by atoms with Crippen LogP contribution in [0.25, 0.3) is 0 Å². The Labute approximate surface area is 219 Å². The molecule has 0 radical (unpaired) electrons. The number of benzene rings is 3. The number of hydrogen-bond acceptors (Lipinski definition) is 7. The van der Waals surface area contributed by atoms with Crippen LogP contribution >= 0.6 is 11.8 Å². The molecular weight excluding hydrogens is 486 g/mol. The zero-order valence-corrected chi connectivity index (χ0v) is 21.6. The maximum atomic E-state index is 13.6. The zero-order chi connectivity index (χ0) is 25.8. The van der Waals surface area contributed by atoms with Crippen LogP contribution < -0.4 is 20.1 Å². The van der Waals surface area contributed by atoms with Crippen molar-refractivity contribution in [1.29, 1.82) is 0 Å². The molecule has 1 atom stereocenters. The van der Waals surface area contributed by atoms with Crippen molar-refractivity contribution < 1.29 is 14.3 Å². The monoisotopic (exact) mass is 513 g/mol. The molecule has 0 saturated heterocycles. The van der Waals surface area contributed by atoms with Crippen molar-refractivity contribution in [2.75, 3.05) is 24.9 Å². The quantitative estimate of drug-likeness (QED) is 0.300. The van der Waals surface area contributed by atoms with Gasteiger partial charge in [-0.1, -0.05) is 66.4 Å². The van der Waals surface area contributed by atoms with Gasteiger partial charge in [-0.25, -0.2) is 4.68 Å². The molecule has 0 unspecified atom stereocenters. The second kappa shape index (κ2) is 10.8. The summed E-state index contributed by atoms with van der Waals surface area (Å²) in [5.74, 6) is 2.26. The number of nitrogens with zero attached hydrogens (tertiary/aromatic N) is 3. The Morgan fingerprint density at radius 1 is 1.00 bits per heavy atom. The SMILES string of the molecule is COc1ccc([C@H]2C(C(=O)Nc3ccccc3)=C(C)Nc3nc(SCc4ccccc4)nn32)cc1OC. The van der Waals surface area contributed by atoms with Crippen molar-refractivity contribution in [3.8, 4) is 11.5 Å². The van der Waals surface area contributed by atoms with Crippen LogP contribution in [-0.2, 0) is 10.5 Å². The maximum absolute atomic E-state index is 13.6. The number of fused-ring (bicyclic) bond motifs is 1. The fourth-order valence-electron chi connectivity index (χ4n) is 4.26. The summed E-state index contributed by atoms with van der Waals surface area (Å²) in [5.41, 5.74) is 3.95. The summed E-state index contributed by atoms with van der Waals surface area (Å²) < 4.78 is 12.8. The first-order valence-electron chi connectivity index (χ1n) is 11.8. The summed E-state index contributed by atoms with van der Waals surface area (Å²) in [4.78, 5) is 18.4. The van der Waals surface area contributed by atoms with Crippen LogP contribution in [0.4, 0.5) is 11.6 Å². The van der Waals surface area contributed by atoms with Crippen LogP contribution in [0.1, 0.15) is 24.1 Å². The lowest BCUT2D eigenvalue weighted by molar-refractivity contribution is -0.113. The number of amides is 1. The number of aromatic nitrogens is 3. The lowest BCUT2D eigenvalue weighted by Gasteiger charge is -2.29. The third kappa shape index (κ3) is 5.17. The summed E-state index contributed by atoms with van der Waals surface area (Å²) >= 11 is 1.54. The van der Waals surface area contributed by atoms with E-state index in [-0.39, 0.29) is 5.91 Å². The number of nitrogens with one attached hydrogen (secondary N) is 2. The van der Waals surface area contributed by atoms with Crippen LogP contribution in [0.15, 0.2) is 95.3 Å². The lowest BCUT2D eigenvalue weighted by Crippen LogP contribution is -2.31. The van der Waals surface area contributed by atoms with E-state index in [1.165, 1.54) is 5.56 Å². The Balaban J connectivity index is 1.54. The first-order valence-corrected chi connectivity index (χ1v) is 12.8. The van der Waals surface area contributed by atoms with E-state index in [1.807, 2.05) is 73.7 Å². The largest absolute Gasteiger partial charge is 0.493 e. The maximum Gasteiger partial charge on any atom is 0.255 e. The summed E-state index contributed by atoms with van der Waals surface area (Å²) in [6.45, 7) is 1.88. The fraction of sp³-hybridized carbons (Fsp3) is 0.179. The highest BCUT2D eigenvalue weighted by Crippen LogP contribution is 2.40. The minimum absolute atomic E-state index is 0.226. The molecule has 8 nitrogen and oxygen atoms in total. The summed E-state index contributed by atoms with van der Waals surface area (Å²) in [6, 6.07) is 24.7. The van der Waals surface area contributed by atoms with Gasteiger partial charge in [0.2, 0.25) is 11.1 Å². The van der Waals surface area contributed by atoms with Crippen LogP contribution in [-0.4, -0.2) is 34.9 Å². The first kappa shape index (κ1) is 24.5. The topological polar surface area (TPSA) is 90.3 Å². The number of hydrogen-bond donors (Lipinski definition) is 2. The van der Waals surface area contributed by atoms with Gasteiger partial charge >= 0.3 is 0 Å². The van der Waals surface area contributed by atoms with Gasteiger partial charge in [0.1, 0.15) is 6.04 Å². The highest BCUT2D eigenvalue weighted by atomic mass is 32.2. The molecular formula is C28H27N5O3S. The molecule has 188 valence electrons. The van der Waals surface area contributed by atoms with E-state index < -0.39 is 6.04 Å². The fourth-order valence-corrected chi connectivity index (χ4v) is 5.04. The molecule has 37 heavy (non-hydrogen) atoms. The smallest absolute Gasteiger partial charge is 0.255 e. The van der Waals surface area contributed by atoms with E-state index in [0.29, 0.717) is 39.6 Å². The Hall–Kier alpha value is -4.24. The number of carbonyl (C=O) groups is 1. The Bertz CT molecular complexity index is 1440. The number of methoxy groups -OCH3 is 2. The summed E-state index contributed by atoms with van der Waals surface area (Å²) in [5, 5.41) is 11.7. The van der Waals surface area contributed by atoms with Crippen molar-refractivity contribution in [1.82, 2.24) is 14.8 Å². The number of anilines is 2. The first-order chi connectivity index (χ1) is 18.1. The van der Waals surface area contributed by atoms with E-state index in [2.05, 4.69) is 22.8 Å². The van der Waals surface area contributed by atoms with Crippen LogP contribution in [0, 0.1) is 0 Å². The molecule has 0 saturated carbocycles. The van der Waals surface area contributed by atoms with E-state index in [4.69, 9.17) is 19.6 Å². The molecule has 4 aromatic rings. The van der Waals surface area contributed by atoms with Gasteiger partial charge in [-0.2, -0.15) is 4.98 Å². The van der Waals surface area contributed by atoms with E-state index >= 15 is 0 Å². The Kier molecular flexibility index (Phi) is 7.14. The summed E-state index contributed by atoms with van der Waals surface area (Å²) in [6.07, 6.45) is 0. The van der Waals surface area contributed by atoms with Gasteiger partial charge in [-0.05, 0) is 42.3 Å². The molecule has 1 amide bonds. The van der Waals surface area contributed by atoms with Gasteiger partial charge < -0.3 is 20.1 Å². The van der Waals surface area contributed by atoms with Gasteiger partial charge in [0, 0.05) is 17.1 Å². The second-order valence-electron chi connectivity index (χ2n) is 8.44. The van der Waals surface area contributed by atoms with Gasteiger partial charge in [0.25, 0.3) is 5.91 Å². The standard InChI is InChI=1S/C28H27N5O3S/c1-18-24(26(34)30-21-12-8-5-9-13-21)25(20-14-15-22(35-2)23(16-20)36-3)33-27(29-18)31-28(32-33)37-17-19-10-6-4-7-11-19/h4-16,25H,17H2,1-3H3,(H,30,34)(H,29,31,32)/t25-/m0/s1. The normalized spacial score (nSPS) is 14.5. The minimum atomic E-state index is -0.529. The molecule has 0 spiro atoms. The van der Waals surface area contributed by atoms with Gasteiger partial charge in [0.05, 0.1) is 19.8 Å². The predicted octanol–water partition coefficient (Wildman–Crippen LogP) is 5.52. The molecule has 5 rings (SSSR count). The second-order valence-corrected chi connectivity index (χ2v) is 9.38. The number of carbonyl (C=O) groups excluding carboxylic acids is 1. The van der Waals surface area contributed by atoms with Crippen molar-refractivity contribution in [2.45, 2.75) is 23.9 Å². The number of allylic oxidation sites excluding steroid dienone is 1. The molecule has 1 aliphatic rings. The number of ether oxygens (including phenoxy) is 2. The number of thioether (sulfide) groups is 1. The van der Waals surface area contributed by atoms with Crippen molar-refractivity contribution >= 4 is 29.3 Å². The molecule has 3 aromatic carbocycles. The molecule has 1 aromatic heterocycles. The van der Waals surface area contributed by atoms with Crippen molar-refractivity contribution in [2.24, 2.45) is 0 Å². The van der Waals surface area contributed by atoms with Crippen molar-refractivity contribution in [3.63, 3.8) is 0 Å². The van der Waals surface area contributed by atoms with Crippen LogP contribution in [0.5, 0.6) is 11.5 Å². The zero-order valence-electron chi connectivity index (χ0n) is 20.8. The van der Waals surface area contributed by atoms with Crippen LogP contribution in [0.3, 0.4) is 0 Å². The van der Waals surface area contributed by atoms with Crippen LogP contribution in [0.2, 0.25) is 0 Å². The molecule has 0 bridgehead atoms. The van der Waals surface area contributed by atoms with Gasteiger partial charge in [-0.15, -0.1) is 5.10 Å². The van der Waals surface area contributed by atoms with Crippen molar-refractivity contribution in [3.05, 3.63) is 101 Å². The third-order valence-corrected chi connectivity index (χ3v) is 6.95. The molecule has 2 heterocycles. The van der Waals surface area contributed by atoms with E-state index in [9.17, 15) is 4.79 Å². The number of rotatable bonds is 8. The molecule has 0 fully saturated rings. The molecule has 2 N–H and O–H groups in total. The average molecular weight is 514 g/mol. The molecule has 1 aliphatic heterocycles. The van der Waals surface area contributed by atoms with E-state index in [1.54, 1.807) is 30.7 Å². The minimum Gasteiger partial charge on any atom is -0.493 e.